The number of sulfonamides is 1. The first-order chi connectivity index (χ1) is 16.4. The van der Waals surface area contributed by atoms with Gasteiger partial charge < -0.3 is 14.2 Å². The van der Waals surface area contributed by atoms with Crippen molar-refractivity contribution in [2.75, 3.05) is 40.5 Å². The fourth-order valence-electron chi connectivity index (χ4n) is 4.17. The van der Waals surface area contributed by atoms with Gasteiger partial charge in [-0.1, -0.05) is 18.2 Å². The molecular weight excluding hydrogens is 458 g/mol. The topological polar surface area (TPSA) is 99.4 Å². The number of hydrogen-bond acceptors (Lipinski definition) is 7. The summed E-state index contributed by atoms with van der Waals surface area (Å²) in [6.45, 7) is 1.83. The second-order valence-corrected chi connectivity index (χ2v) is 10.0. The van der Waals surface area contributed by atoms with Crippen molar-refractivity contribution >= 4 is 21.5 Å². The van der Waals surface area contributed by atoms with Crippen molar-refractivity contribution in [2.45, 2.75) is 30.3 Å². The zero-order valence-corrected chi connectivity index (χ0v) is 20.2. The van der Waals surface area contributed by atoms with Crippen LogP contribution in [0.25, 0.3) is 16.6 Å². The van der Waals surface area contributed by atoms with Gasteiger partial charge >= 0.3 is 5.97 Å². The summed E-state index contributed by atoms with van der Waals surface area (Å²) >= 11 is 0. The maximum atomic E-state index is 13.6. The van der Waals surface area contributed by atoms with Crippen molar-refractivity contribution in [3.05, 3.63) is 54.4 Å². The van der Waals surface area contributed by atoms with Crippen molar-refractivity contribution in [1.82, 2.24) is 13.9 Å². The molecule has 1 aliphatic rings. The summed E-state index contributed by atoms with van der Waals surface area (Å²) in [5.41, 5.74) is 2.78. The highest BCUT2D eigenvalue weighted by Gasteiger charge is 2.31. The van der Waals surface area contributed by atoms with E-state index in [4.69, 9.17) is 14.2 Å². The molecule has 3 aromatic rings. The number of hydrogen-bond donors (Lipinski definition) is 0. The first-order valence-corrected chi connectivity index (χ1v) is 12.6. The van der Waals surface area contributed by atoms with Crippen LogP contribution in [-0.2, 0) is 35.4 Å². The van der Waals surface area contributed by atoms with E-state index in [1.807, 2.05) is 18.2 Å². The number of rotatable bonds is 9. The second kappa shape index (κ2) is 10.6. The van der Waals surface area contributed by atoms with Crippen molar-refractivity contribution < 1.29 is 27.4 Å². The quantitative estimate of drug-likeness (QED) is 0.338. The average Bonchev–Trinajstić information content (AvgIpc) is 3.26. The number of aromatic nitrogens is 2. The lowest BCUT2D eigenvalue weighted by molar-refractivity contribution is -0.139. The third-order valence-corrected chi connectivity index (χ3v) is 7.98. The van der Waals surface area contributed by atoms with Gasteiger partial charge in [-0.15, -0.1) is 0 Å². The number of piperidine rings is 1. The molecule has 0 unspecified atom stereocenters. The van der Waals surface area contributed by atoms with Gasteiger partial charge in [0.05, 0.1) is 49.5 Å². The van der Waals surface area contributed by atoms with E-state index in [2.05, 4.69) is 5.10 Å². The third-order valence-electron chi connectivity index (χ3n) is 6.02. The Morgan fingerprint density at radius 3 is 2.62 bits per heavy atom. The summed E-state index contributed by atoms with van der Waals surface area (Å²) in [4.78, 5) is 12.0. The minimum atomic E-state index is -3.71. The van der Waals surface area contributed by atoms with E-state index in [9.17, 15) is 13.2 Å². The van der Waals surface area contributed by atoms with Gasteiger partial charge in [0.1, 0.15) is 0 Å². The molecule has 2 aromatic heterocycles. The van der Waals surface area contributed by atoms with E-state index in [0.717, 1.165) is 11.1 Å². The minimum Gasteiger partial charge on any atom is -0.469 e. The number of pyridine rings is 1. The van der Waals surface area contributed by atoms with Crippen LogP contribution in [0.5, 0.6) is 0 Å². The van der Waals surface area contributed by atoms with Crippen molar-refractivity contribution in [1.29, 1.82) is 0 Å². The largest absolute Gasteiger partial charge is 0.469 e. The molecule has 3 heterocycles. The number of methoxy groups -OCH3 is 2. The number of ether oxygens (including phenoxy) is 3. The molecule has 34 heavy (non-hydrogen) atoms. The predicted octanol–water partition coefficient (Wildman–Crippen LogP) is 2.53. The first kappa shape index (κ1) is 24.3. The van der Waals surface area contributed by atoms with Crippen molar-refractivity contribution in [2.24, 2.45) is 0 Å². The highest BCUT2D eigenvalue weighted by molar-refractivity contribution is 7.89. The van der Waals surface area contributed by atoms with Crippen LogP contribution in [0.1, 0.15) is 18.4 Å². The molecule has 1 aliphatic heterocycles. The molecule has 1 fully saturated rings. The molecule has 9 nitrogen and oxygen atoms in total. The first-order valence-electron chi connectivity index (χ1n) is 11.2. The summed E-state index contributed by atoms with van der Waals surface area (Å²) < 4.78 is 46.0. The lowest BCUT2D eigenvalue weighted by Crippen LogP contribution is -2.41. The van der Waals surface area contributed by atoms with Crippen LogP contribution in [0, 0.1) is 0 Å². The molecule has 4 rings (SSSR count). The third kappa shape index (κ3) is 5.15. The van der Waals surface area contributed by atoms with Gasteiger partial charge in [-0.25, -0.2) is 12.9 Å². The predicted molar refractivity (Wildman–Crippen MR) is 126 cm³/mol. The zero-order valence-electron chi connectivity index (χ0n) is 19.3. The van der Waals surface area contributed by atoms with Crippen LogP contribution in [0.15, 0.2) is 53.7 Å². The highest BCUT2D eigenvalue weighted by atomic mass is 32.2. The molecular formula is C24H29N3O6S. The van der Waals surface area contributed by atoms with Crippen LogP contribution < -0.4 is 0 Å². The van der Waals surface area contributed by atoms with Gasteiger partial charge in [-0.05, 0) is 36.6 Å². The maximum absolute atomic E-state index is 13.6. The van der Waals surface area contributed by atoms with Gasteiger partial charge in [-0.2, -0.15) is 9.40 Å². The summed E-state index contributed by atoms with van der Waals surface area (Å²) in [6, 6.07) is 10.7. The molecule has 0 atom stereocenters. The molecule has 0 saturated carbocycles. The smallest absolute Gasteiger partial charge is 0.310 e. The molecule has 10 heteroatoms. The van der Waals surface area contributed by atoms with Crippen LogP contribution in [-0.4, -0.2) is 74.9 Å². The van der Waals surface area contributed by atoms with Gasteiger partial charge in [0, 0.05) is 37.5 Å². The lowest BCUT2D eigenvalue weighted by Gasteiger charge is -2.31. The number of nitrogens with zero attached hydrogens (tertiary/aromatic N) is 3. The van der Waals surface area contributed by atoms with Gasteiger partial charge in [-0.3, -0.25) is 4.79 Å². The Morgan fingerprint density at radius 2 is 1.88 bits per heavy atom. The van der Waals surface area contributed by atoms with Crippen LogP contribution in [0.4, 0.5) is 0 Å². The van der Waals surface area contributed by atoms with Crippen molar-refractivity contribution in [3.8, 4) is 11.1 Å². The summed E-state index contributed by atoms with van der Waals surface area (Å²) in [6.07, 6.45) is 4.79. The summed E-state index contributed by atoms with van der Waals surface area (Å²) in [7, 11) is -0.738. The monoisotopic (exact) mass is 487 g/mol. The lowest BCUT2D eigenvalue weighted by atomic mass is 10.1. The highest BCUT2D eigenvalue weighted by Crippen LogP contribution is 2.32. The Hall–Kier alpha value is -2.79. The molecule has 0 radical (unpaired) electrons. The van der Waals surface area contributed by atoms with E-state index in [-0.39, 0.29) is 23.4 Å². The summed E-state index contributed by atoms with van der Waals surface area (Å²) in [5, 5.41) is 4.28. The van der Waals surface area contributed by atoms with Gasteiger partial charge in [0.2, 0.25) is 10.0 Å². The van der Waals surface area contributed by atoms with Gasteiger partial charge in [0.15, 0.2) is 0 Å². The molecule has 1 aromatic carbocycles. The molecule has 0 bridgehead atoms. The van der Waals surface area contributed by atoms with E-state index in [1.54, 1.807) is 42.2 Å². The van der Waals surface area contributed by atoms with E-state index >= 15 is 0 Å². The fraction of sp³-hybridized carbons (Fsp3) is 0.417. The molecule has 0 N–H and O–H groups in total. The average molecular weight is 488 g/mol. The Kier molecular flexibility index (Phi) is 7.62. The number of carbonyl (C=O) groups is 1. The second-order valence-electron chi connectivity index (χ2n) is 8.13. The summed E-state index contributed by atoms with van der Waals surface area (Å²) in [5.74, 6) is -0.363. The Balaban J connectivity index is 1.60. The maximum Gasteiger partial charge on any atom is 0.310 e. The van der Waals surface area contributed by atoms with Gasteiger partial charge in [0.25, 0.3) is 0 Å². The Labute approximate surface area is 199 Å². The van der Waals surface area contributed by atoms with Crippen LogP contribution in [0.3, 0.4) is 0 Å². The zero-order chi connectivity index (χ0) is 24.1. The minimum absolute atomic E-state index is 0.0364. The van der Waals surface area contributed by atoms with Crippen LogP contribution >= 0.6 is 0 Å². The fourth-order valence-corrected chi connectivity index (χ4v) is 5.85. The normalized spacial score (nSPS) is 15.6. The molecule has 1 saturated heterocycles. The Bertz CT molecular complexity index is 1250. The number of esters is 1. The van der Waals surface area contributed by atoms with E-state index in [1.165, 1.54) is 11.4 Å². The molecule has 0 spiro atoms. The molecule has 0 amide bonds. The number of fused-ring (bicyclic) bond motifs is 1. The van der Waals surface area contributed by atoms with Crippen molar-refractivity contribution in [3.63, 3.8) is 0 Å². The molecule has 182 valence electrons. The Morgan fingerprint density at radius 1 is 1.12 bits per heavy atom. The number of carbonyl (C=O) groups excluding carboxylic acids is 1. The van der Waals surface area contributed by atoms with E-state index < -0.39 is 10.0 Å². The van der Waals surface area contributed by atoms with Crippen LogP contribution in [0.2, 0.25) is 0 Å². The van der Waals surface area contributed by atoms with E-state index in [0.29, 0.717) is 50.3 Å². The SMILES string of the molecule is COCCOC1CCN(S(=O)(=O)c2ccccc2-c2ccn3ncc(CC(=O)OC)c3c2)CC1. The number of benzene rings is 1. The molecule has 0 aliphatic carbocycles. The standard InChI is InChI=1S/C24H29N3O6S/c1-31-13-14-33-20-8-10-26(11-9-20)34(29,30)23-6-4-3-5-21(23)18-7-12-27-22(15-18)19(17-25-27)16-24(28)32-2/h3-7,12,15,17,20H,8-11,13-14,16H2,1-2H3.